The lowest BCUT2D eigenvalue weighted by atomic mass is 10.1. The number of hydrogen-bond donors (Lipinski definition) is 1. The number of benzene rings is 2. The van der Waals surface area contributed by atoms with Crippen molar-refractivity contribution >= 4 is 21.6 Å². The Morgan fingerprint density at radius 3 is 2.50 bits per heavy atom. The van der Waals surface area contributed by atoms with E-state index in [1.807, 2.05) is 26.0 Å². The van der Waals surface area contributed by atoms with Crippen molar-refractivity contribution in [2.45, 2.75) is 51.0 Å². The molecule has 1 atom stereocenters. The molecule has 0 bridgehead atoms. The third-order valence-corrected chi connectivity index (χ3v) is 7.39. The van der Waals surface area contributed by atoms with Crippen molar-refractivity contribution in [3.8, 4) is 11.5 Å². The lowest BCUT2D eigenvalue weighted by Gasteiger charge is -2.19. The molecule has 8 heteroatoms. The average molecular weight is 459 g/mol. The maximum absolute atomic E-state index is 13.1. The summed E-state index contributed by atoms with van der Waals surface area (Å²) in [6, 6.07) is 10.0. The molecule has 1 saturated carbocycles. The molecule has 1 unspecified atom stereocenters. The Bertz CT molecular complexity index is 1110. The molecule has 1 heterocycles. The average Bonchev–Trinajstić information content (AvgIpc) is 3.53. The third-order valence-electron chi connectivity index (χ3n) is 5.85. The smallest absolute Gasteiger partial charge is 0.241 e. The molecule has 172 valence electrons. The molecule has 1 aliphatic heterocycles. The van der Waals surface area contributed by atoms with Gasteiger partial charge in [0, 0.05) is 24.2 Å². The molecule has 0 radical (unpaired) electrons. The lowest BCUT2D eigenvalue weighted by Crippen LogP contribution is -2.30. The predicted octanol–water partition coefficient (Wildman–Crippen LogP) is 3.82. The van der Waals surface area contributed by atoms with Crippen LogP contribution in [-0.2, 0) is 21.2 Å². The maximum atomic E-state index is 13.1. The highest BCUT2D eigenvalue weighted by atomic mass is 32.2. The number of carbonyl (C=O) groups excluding carboxylic acids is 1. The number of hydrogen-bond acceptors (Lipinski definition) is 5. The highest BCUT2D eigenvalue weighted by Gasteiger charge is 2.36. The molecule has 0 saturated heterocycles. The summed E-state index contributed by atoms with van der Waals surface area (Å²) in [5.41, 5.74) is 2.51. The molecule has 7 nitrogen and oxygen atoms in total. The molecule has 1 aliphatic carbocycles. The first-order valence-corrected chi connectivity index (χ1v) is 12.7. The second-order valence-electron chi connectivity index (χ2n) is 8.22. The first-order chi connectivity index (χ1) is 15.3. The Labute approximate surface area is 189 Å². The first-order valence-electron chi connectivity index (χ1n) is 11.2. The molecule has 1 amide bonds. The van der Waals surface area contributed by atoms with Crippen molar-refractivity contribution in [3.63, 3.8) is 0 Å². The van der Waals surface area contributed by atoms with Crippen molar-refractivity contribution < 1.29 is 22.7 Å². The quantitative estimate of drug-likeness (QED) is 0.617. The van der Waals surface area contributed by atoms with Gasteiger partial charge in [0.15, 0.2) is 11.5 Å². The number of sulfonamides is 1. The number of anilines is 1. The van der Waals surface area contributed by atoms with Gasteiger partial charge in [0.2, 0.25) is 15.9 Å². The van der Waals surface area contributed by atoms with E-state index in [0.717, 1.165) is 29.7 Å². The topological polar surface area (TPSA) is 84.9 Å². The number of nitrogens with one attached hydrogen (secondary N) is 1. The molecule has 0 spiro atoms. The summed E-state index contributed by atoms with van der Waals surface area (Å²) in [5.74, 6) is 1.53. The van der Waals surface area contributed by atoms with Gasteiger partial charge in [-0.2, -0.15) is 0 Å². The Balaban J connectivity index is 1.52. The van der Waals surface area contributed by atoms with Crippen molar-refractivity contribution in [3.05, 3.63) is 47.5 Å². The normalized spacial score (nSPS) is 16.5. The summed E-state index contributed by atoms with van der Waals surface area (Å²) >= 11 is 0. The van der Waals surface area contributed by atoms with Gasteiger partial charge >= 0.3 is 0 Å². The van der Waals surface area contributed by atoms with Crippen LogP contribution < -0.4 is 19.1 Å². The Morgan fingerprint density at radius 2 is 1.81 bits per heavy atom. The van der Waals surface area contributed by atoms with Crippen molar-refractivity contribution in [1.29, 1.82) is 0 Å². The van der Waals surface area contributed by atoms with Crippen LogP contribution in [0.1, 0.15) is 50.8 Å². The van der Waals surface area contributed by atoms with Crippen molar-refractivity contribution in [2.24, 2.45) is 5.92 Å². The van der Waals surface area contributed by atoms with E-state index in [1.54, 1.807) is 36.1 Å². The molecule has 2 aromatic carbocycles. The summed E-state index contributed by atoms with van der Waals surface area (Å²) in [7, 11) is -3.74. The molecular formula is C24H30N2O5S. The van der Waals surface area contributed by atoms with Gasteiger partial charge in [-0.05, 0) is 81.5 Å². The zero-order valence-electron chi connectivity index (χ0n) is 18.8. The fraction of sp³-hybridized carbons (Fsp3) is 0.458. The van der Waals surface area contributed by atoms with Gasteiger partial charge in [-0.15, -0.1) is 0 Å². The maximum Gasteiger partial charge on any atom is 0.241 e. The zero-order chi connectivity index (χ0) is 22.9. The van der Waals surface area contributed by atoms with Crippen LogP contribution in [0, 0.1) is 5.92 Å². The monoisotopic (exact) mass is 458 g/mol. The summed E-state index contributed by atoms with van der Waals surface area (Å²) < 4.78 is 40.2. The second kappa shape index (κ2) is 9.11. The van der Waals surface area contributed by atoms with Crippen LogP contribution in [0.2, 0.25) is 0 Å². The molecular weight excluding hydrogens is 428 g/mol. The van der Waals surface area contributed by atoms with Crippen LogP contribution in [0.25, 0.3) is 0 Å². The van der Waals surface area contributed by atoms with E-state index < -0.39 is 16.1 Å². The summed E-state index contributed by atoms with van der Waals surface area (Å²) in [4.78, 5) is 14.5. The number of amides is 1. The zero-order valence-corrected chi connectivity index (χ0v) is 19.6. The minimum absolute atomic E-state index is 0.141. The van der Waals surface area contributed by atoms with Gasteiger partial charge in [0.05, 0.1) is 18.1 Å². The standard InChI is InChI=1S/C24H30N2O5S/c1-4-30-22-11-8-18(15-23(22)31-5-2)16(3)25-32(28,29)20-9-10-21-19(14-20)12-13-26(21)24(27)17-6-7-17/h8-11,14-17,25H,4-7,12-13H2,1-3H3. The highest BCUT2D eigenvalue weighted by Crippen LogP contribution is 2.37. The van der Waals surface area contributed by atoms with E-state index in [1.165, 1.54) is 0 Å². The van der Waals surface area contributed by atoms with Crippen LogP contribution in [0.3, 0.4) is 0 Å². The van der Waals surface area contributed by atoms with E-state index in [-0.39, 0.29) is 16.7 Å². The van der Waals surface area contributed by atoms with E-state index in [2.05, 4.69) is 4.72 Å². The van der Waals surface area contributed by atoms with Gasteiger partial charge in [-0.25, -0.2) is 13.1 Å². The summed E-state index contributed by atoms with van der Waals surface area (Å²) in [5, 5.41) is 0. The number of nitrogens with zero attached hydrogens (tertiary/aromatic N) is 1. The number of rotatable bonds is 9. The molecule has 0 aromatic heterocycles. The highest BCUT2D eigenvalue weighted by molar-refractivity contribution is 7.89. The fourth-order valence-electron chi connectivity index (χ4n) is 4.03. The number of fused-ring (bicyclic) bond motifs is 1. The van der Waals surface area contributed by atoms with Crippen LogP contribution in [0.4, 0.5) is 5.69 Å². The molecule has 2 aromatic rings. The van der Waals surface area contributed by atoms with Crippen LogP contribution in [0.15, 0.2) is 41.3 Å². The van der Waals surface area contributed by atoms with Crippen molar-refractivity contribution in [1.82, 2.24) is 4.72 Å². The number of ether oxygens (including phenoxy) is 2. The van der Waals surface area contributed by atoms with E-state index in [0.29, 0.717) is 37.7 Å². The van der Waals surface area contributed by atoms with Gasteiger partial charge in [0.25, 0.3) is 0 Å². The summed E-state index contributed by atoms with van der Waals surface area (Å²) in [6.07, 6.45) is 2.58. The Hall–Kier alpha value is -2.58. The fourth-order valence-corrected chi connectivity index (χ4v) is 5.31. The van der Waals surface area contributed by atoms with Gasteiger partial charge in [-0.1, -0.05) is 6.07 Å². The Kier molecular flexibility index (Phi) is 6.44. The van der Waals surface area contributed by atoms with E-state index in [9.17, 15) is 13.2 Å². The lowest BCUT2D eigenvalue weighted by molar-refractivity contribution is -0.119. The SMILES string of the molecule is CCOc1ccc(C(C)NS(=O)(=O)c2ccc3c(c2)CCN3C(=O)C2CC2)cc1OCC. The van der Waals surface area contributed by atoms with Crippen molar-refractivity contribution in [2.75, 3.05) is 24.7 Å². The predicted molar refractivity (Wildman–Crippen MR) is 123 cm³/mol. The molecule has 1 N–H and O–H groups in total. The number of carbonyl (C=O) groups is 1. The largest absolute Gasteiger partial charge is 0.490 e. The minimum Gasteiger partial charge on any atom is -0.490 e. The van der Waals surface area contributed by atoms with E-state index >= 15 is 0 Å². The van der Waals surface area contributed by atoms with Crippen LogP contribution in [-0.4, -0.2) is 34.1 Å². The first kappa shape index (κ1) is 22.6. The second-order valence-corrected chi connectivity index (χ2v) is 9.93. The van der Waals surface area contributed by atoms with Crippen LogP contribution in [0.5, 0.6) is 11.5 Å². The minimum atomic E-state index is -3.74. The molecule has 2 aliphatic rings. The Morgan fingerprint density at radius 1 is 1.09 bits per heavy atom. The van der Waals surface area contributed by atoms with Gasteiger partial charge in [-0.3, -0.25) is 4.79 Å². The summed E-state index contributed by atoms with van der Waals surface area (Å²) in [6.45, 7) is 7.21. The van der Waals surface area contributed by atoms with Gasteiger partial charge in [0.1, 0.15) is 0 Å². The van der Waals surface area contributed by atoms with Crippen LogP contribution >= 0.6 is 0 Å². The molecule has 32 heavy (non-hydrogen) atoms. The molecule has 1 fully saturated rings. The molecule has 4 rings (SSSR count). The third kappa shape index (κ3) is 4.61. The van der Waals surface area contributed by atoms with Gasteiger partial charge < -0.3 is 14.4 Å². The van der Waals surface area contributed by atoms with E-state index in [4.69, 9.17) is 9.47 Å².